The predicted octanol–water partition coefficient (Wildman–Crippen LogP) is 2.19. The first-order valence-corrected chi connectivity index (χ1v) is 6.51. The summed E-state index contributed by atoms with van der Waals surface area (Å²) in [4.78, 5) is 11.5. The van der Waals surface area contributed by atoms with E-state index >= 15 is 0 Å². The summed E-state index contributed by atoms with van der Waals surface area (Å²) >= 11 is 11.3. The van der Waals surface area contributed by atoms with Gasteiger partial charge >= 0.3 is 0 Å². The van der Waals surface area contributed by atoms with Crippen LogP contribution in [-0.4, -0.2) is 18.3 Å². The predicted molar refractivity (Wildman–Crippen MR) is 75.7 cm³/mol. The zero-order valence-electron chi connectivity index (χ0n) is 10.1. The van der Waals surface area contributed by atoms with E-state index in [1.54, 1.807) is 6.07 Å². The number of nitrogens with zero attached hydrogens (tertiary/aromatic N) is 1. The van der Waals surface area contributed by atoms with Gasteiger partial charge in [-0.15, -0.1) is 11.6 Å². The number of halogens is 2. The van der Waals surface area contributed by atoms with Crippen molar-refractivity contribution in [3.05, 3.63) is 46.6 Å². The van der Waals surface area contributed by atoms with Gasteiger partial charge in [-0.1, -0.05) is 23.7 Å². The minimum Gasteiger partial charge on any atom is -0.386 e. The first-order chi connectivity index (χ1) is 9.17. The summed E-state index contributed by atoms with van der Waals surface area (Å²) in [5.41, 5.74) is 0.967. The SMILES string of the molecule is N#C/C(=C/NCc1cccc(Cl)c1)C(=O)NCCCl. The number of nitrogens with one attached hydrogen (secondary N) is 2. The van der Waals surface area contributed by atoms with Gasteiger partial charge < -0.3 is 10.6 Å². The Bertz CT molecular complexity index is 509. The summed E-state index contributed by atoms with van der Waals surface area (Å²) in [5, 5.41) is 14.9. The van der Waals surface area contributed by atoms with Crippen molar-refractivity contribution in [2.24, 2.45) is 0 Å². The van der Waals surface area contributed by atoms with Crippen molar-refractivity contribution < 1.29 is 4.79 Å². The van der Waals surface area contributed by atoms with E-state index in [1.807, 2.05) is 24.3 Å². The molecule has 1 amide bonds. The monoisotopic (exact) mass is 297 g/mol. The third kappa shape index (κ3) is 5.64. The van der Waals surface area contributed by atoms with Gasteiger partial charge in [0, 0.05) is 30.2 Å². The van der Waals surface area contributed by atoms with Crippen molar-refractivity contribution in [3.8, 4) is 6.07 Å². The lowest BCUT2D eigenvalue weighted by Crippen LogP contribution is -2.27. The fraction of sp³-hybridized carbons (Fsp3) is 0.231. The third-order valence-corrected chi connectivity index (χ3v) is 2.61. The van der Waals surface area contributed by atoms with Gasteiger partial charge in [-0.05, 0) is 17.7 Å². The quantitative estimate of drug-likeness (QED) is 0.481. The fourth-order valence-electron chi connectivity index (χ4n) is 1.32. The minimum absolute atomic E-state index is 0.00662. The van der Waals surface area contributed by atoms with E-state index < -0.39 is 5.91 Å². The molecular formula is C13H13Cl2N3O. The van der Waals surface area contributed by atoms with Crippen molar-refractivity contribution in [2.45, 2.75) is 6.54 Å². The maximum Gasteiger partial charge on any atom is 0.263 e. The molecule has 100 valence electrons. The Morgan fingerprint density at radius 3 is 2.89 bits per heavy atom. The number of alkyl halides is 1. The van der Waals surface area contributed by atoms with Crippen LogP contribution in [0.5, 0.6) is 0 Å². The first-order valence-electron chi connectivity index (χ1n) is 5.59. The average Bonchev–Trinajstić information content (AvgIpc) is 2.41. The molecule has 0 heterocycles. The average molecular weight is 298 g/mol. The van der Waals surface area contributed by atoms with E-state index in [1.165, 1.54) is 6.20 Å². The van der Waals surface area contributed by atoms with Crippen LogP contribution in [0.25, 0.3) is 0 Å². The number of carbonyl (C=O) groups excluding carboxylic acids is 1. The van der Waals surface area contributed by atoms with Crippen molar-refractivity contribution in [1.82, 2.24) is 10.6 Å². The Morgan fingerprint density at radius 1 is 1.47 bits per heavy atom. The summed E-state index contributed by atoms with van der Waals surface area (Å²) in [6.07, 6.45) is 1.38. The van der Waals surface area contributed by atoms with Gasteiger partial charge in [-0.3, -0.25) is 4.79 Å². The first kappa shape index (κ1) is 15.4. The second-order valence-corrected chi connectivity index (χ2v) is 4.44. The van der Waals surface area contributed by atoms with Gasteiger partial charge in [-0.25, -0.2) is 0 Å². The van der Waals surface area contributed by atoms with Crippen LogP contribution in [0.2, 0.25) is 5.02 Å². The molecule has 0 aliphatic rings. The number of hydrogen-bond donors (Lipinski definition) is 2. The summed E-state index contributed by atoms with van der Waals surface area (Å²) in [6, 6.07) is 9.14. The third-order valence-electron chi connectivity index (χ3n) is 2.19. The maximum absolute atomic E-state index is 11.5. The normalized spacial score (nSPS) is 10.7. The molecule has 0 aliphatic carbocycles. The van der Waals surface area contributed by atoms with Gasteiger partial charge in [0.2, 0.25) is 0 Å². The zero-order chi connectivity index (χ0) is 14.1. The van der Waals surface area contributed by atoms with E-state index in [4.69, 9.17) is 28.5 Å². The molecule has 1 aromatic rings. The highest BCUT2D eigenvalue weighted by Crippen LogP contribution is 2.10. The second kappa shape index (κ2) is 8.41. The van der Waals surface area contributed by atoms with Crippen LogP contribution in [0.15, 0.2) is 36.0 Å². The van der Waals surface area contributed by atoms with Crippen molar-refractivity contribution in [1.29, 1.82) is 5.26 Å². The molecule has 0 fully saturated rings. The molecule has 0 saturated heterocycles. The Hall–Kier alpha value is -1.70. The van der Waals surface area contributed by atoms with Crippen LogP contribution >= 0.6 is 23.2 Å². The molecule has 2 N–H and O–H groups in total. The van der Waals surface area contributed by atoms with Gasteiger partial charge in [0.1, 0.15) is 11.6 Å². The number of rotatable bonds is 6. The Kier molecular flexibility index (Phi) is 6.80. The molecular weight excluding hydrogens is 285 g/mol. The lowest BCUT2D eigenvalue weighted by molar-refractivity contribution is -0.117. The highest BCUT2D eigenvalue weighted by atomic mass is 35.5. The number of carbonyl (C=O) groups is 1. The maximum atomic E-state index is 11.5. The molecule has 1 aromatic carbocycles. The molecule has 0 unspecified atom stereocenters. The molecule has 19 heavy (non-hydrogen) atoms. The molecule has 0 radical (unpaired) electrons. The van der Waals surface area contributed by atoms with Crippen molar-refractivity contribution >= 4 is 29.1 Å². The standard InChI is InChI=1S/C13H13Cl2N3O/c14-4-5-18-13(19)11(7-16)9-17-8-10-2-1-3-12(15)6-10/h1-3,6,9,17H,4-5,8H2,(H,18,19)/b11-9-. The number of hydrogen-bond acceptors (Lipinski definition) is 3. The minimum atomic E-state index is -0.443. The molecule has 4 nitrogen and oxygen atoms in total. The van der Waals surface area contributed by atoms with Crippen LogP contribution < -0.4 is 10.6 Å². The van der Waals surface area contributed by atoms with Crippen LogP contribution in [0.1, 0.15) is 5.56 Å². The zero-order valence-corrected chi connectivity index (χ0v) is 11.6. The molecule has 0 aliphatic heterocycles. The Morgan fingerprint density at radius 2 is 2.26 bits per heavy atom. The summed E-state index contributed by atoms with van der Waals surface area (Å²) in [7, 11) is 0. The second-order valence-electron chi connectivity index (χ2n) is 3.63. The van der Waals surface area contributed by atoms with Crippen LogP contribution in [0, 0.1) is 11.3 Å². The lowest BCUT2D eigenvalue weighted by Gasteiger charge is -2.04. The van der Waals surface area contributed by atoms with E-state index in [2.05, 4.69) is 10.6 Å². The molecule has 0 aromatic heterocycles. The van der Waals surface area contributed by atoms with Crippen LogP contribution in [-0.2, 0) is 11.3 Å². The molecule has 0 spiro atoms. The number of benzene rings is 1. The van der Waals surface area contributed by atoms with Gasteiger partial charge in [0.05, 0.1) is 0 Å². The largest absolute Gasteiger partial charge is 0.386 e. The van der Waals surface area contributed by atoms with Crippen molar-refractivity contribution in [3.63, 3.8) is 0 Å². The molecule has 1 rings (SSSR count). The van der Waals surface area contributed by atoms with Gasteiger partial charge in [-0.2, -0.15) is 5.26 Å². The fourth-order valence-corrected chi connectivity index (χ4v) is 1.63. The lowest BCUT2D eigenvalue weighted by atomic mass is 10.2. The molecule has 6 heteroatoms. The van der Waals surface area contributed by atoms with Crippen molar-refractivity contribution in [2.75, 3.05) is 12.4 Å². The molecule has 0 atom stereocenters. The molecule has 0 saturated carbocycles. The van der Waals surface area contributed by atoms with E-state index in [0.717, 1.165) is 5.56 Å². The highest BCUT2D eigenvalue weighted by molar-refractivity contribution is 6.30. The Labute approximate surface area is 122 Å². The smallest absolute Gasteiger partial charge is 0.263 e. The summed E-state index contributed by atoms with van der Waals surface area (Å²) in [6.45, 7) is 0.808. The van der Waals surface area contributed by atoms with Gasteiger partial charge in [0.25, 0.3) is 5.91 Å². The van der Waals surface area contributed by atoms with E-state index in [0.29, 0.717) is 24.0 Å². The molecule has 0 bridgehead atoms. The van der Waals surface area contributed by atoms with Crippen LogP contribution in [0.3, 0.4) is 0 Å². The number of nitriles is 1. The van der Waals surface area contributed by atoms with Gasteiger partial charge in [0.15, 0.2) is 0 Å². The Balaban J connectivity index is 2.54. The van der Waals surface area contributed by atoms with E-state index in [-0.39, 0.29) is 5.57 Å². The summed E-state index contributed by atoms with van der Waals surface area (Å²) in [5.74, 6) is -0.137. The summed E-state index contributed by atoms with van der Waals surface area (Å²) < 4.78 is 0. The van der Waals surface area contributed by atoms with E-state index in [9.17, 15) is 4.79 Å². The topological polar surface area (TPSA) is 64.9 Å². The highest BCUT2D eigenvalue weighted by Gasteiger charge is 2.06. The number of amides is 1. The van der Waals surface area contributed by atoms with Crippen LogP contribution in [0.4, 0.5) is 0 Å².